The molecule has 0 aromatic carbocycles. The Labute approximate surface area is 113 Å². The zero-order chi connectivity index (χ0) is 13.2. The van der Waals surface area contributed by atoms with Crippen LogP contribution in [0.15, 0.2) is 18.5 Å². The third kappa shape index (κ3) is 2.51. The average Bonchev–Trinajstić information content (AvgIpc) is 2.85. The van der Waals surface area contributed by atoms with E-state index in [0.29, 0.717) is 5.92 Å². The van der Waals surface area contributed by atoms with E-state index in [1.54, 1.807) is 6.20 Å². The number of rotatable bonds is 2. The first-order chi connectivity index (χ1) is 9.24. The zero-order valence-electron chi connectivity index (χ0n) is 11.4. The maximum Gasteiger partial charge on any atom is 0.158 e. The molecule has 2 aromatic rings. The minimum Gasteiger partial charge on any atom is -0.333 e. The topological polar surface area (TPSA) is 55.6 Å². The van der Waals surface area contributed by atoms with Crippen molar-refractivity contribution in [1.82, 2.24) is 24.8 Å². The van der Waals surface area contributed by atoms with Gasteiger partial charge in [-0.25, -0.2) is 15.0 Å². The molecule has 1 atom stereocenters. The number of hydrogen-bond acceptors (Lipinski definition) is 4. The average molecular weight is 257 g/mol. The van der Waals surface area contributed by atoms with Crippen LogP contribution >= 0.6 is 0 Å². The molecule has 2 aromatic heterocycles. The molecule has 1 fully saturated rings. The largest absolute Gasteiger partial charge is 0.333 e. The zero-order valence-corrected chi connectivity index (χ0v) is 11.4. The van der Waals surface area contributed by atoms with Gasteiger partial charge in [-0.15, -0.1) is 0 Å². The van der Waals surface area contributed by atoms with Crippen LogP contribution in [0.1, 0.15) is 30.3 Å². The van der Waals surface area contributed by atoms with E-state index < -0.39 is 0 Å². The summed E-state index contributed by atoms with van der Waals surface area (Å²) in [4.78, 5) is 13.5. The smallest absolute Gasteiger partial charge is 0.158 e. The van der Waals surface area contributed by atoms with Gasteiger partial charge in [0.05, 0.1) is 0 Å². The maximum absolute atomic E-state index is 4.61. The molecule has 5 nitrogen and oxygen atoms in total. The van der Waals surface area contributed by atoms with E-state index in [2.05, 4.69) is 26.3 Å². The molecule has 1 aliphatic heterocycles. The van der Waals surface area contributed by atoms with E-state index in [1.165, 1.54) is 12.8 Å². The van der Waals surface area contributed by atoms with Crippen molar-refractivity contribution in [1.29, 1.82) is 0 Å². The van der Waals surface area contributed by atoms with Crippen LogP contribution in [-0.4, -0.2) is 32.6 Å². The van der Waals surface area contributed by atoms with Gasteiger partial charge in [-0.05, 0) is 32.4 Å². The lowest BCUT2D eigenvalue weighted by molar-refractivity contribution is 0.453. The van der Waals surface area contributed by atoms with Crippen molar-refractivity contribution in [2.24, 2.45) is 7.05 Å². The van der Waals surface area contributed by atoms with Gasteiger partial charge in [0, 0.05) is 37.6 Å². The lowest BCUT2D eigenvalue weighted by atomic mass is 9.95. The third-order valence-electron chi connectivity index (χ3n) is 3.62. The van der Waals surface area contributed by atoms with Crippen LogP contribution < -0.4 is 5.32 Å². The number of nitrogens with zero attached hydrogens (tertiary/aromatic N) is 4. The maximum atomic E-state index is 4.61. The van der Waals surface area contributed by atoms with Crippen molar-refractivity contribution in [3.8, 4) is 11.5 Å². The Kier molecular flexibility index (Phi) is 3.29. The molecule has 0 bridgehead atoms. The highest BCUT2D eigenvalue weighted by Gasteiger charge is 2.18. The lowest BCUT2D eigenvalue weighted by Gasteiger charge is -2.22. The summed E-state index contributed by atoms with van der Waals surface area (Å²) < 4.78 is 1.99. The molecule has 0 amide bonds. The Hall–Kier alpha value is -1.75. The molecule has 3 heterocycles. The van der Waals surface area contributed by atoms with Gasteiger partial charge in [-0.1, -0.05) is 0 Å². The highest BCUT2D eigenvalue weighted by Crippen LogP contribution is 2.24. The first kappa shape index (κ1) is 12.3. The van der Waals surface area contributed by atoms with Gasteiger partial charge in [-0.2, -0.15) is 0 Å². The van der Waals surface area contributed by atoms with Crippen molar-refractivity contribution in [3.05, 3.63) is 30.0 Å². The minimum absolute atomic E-state index is 0.495. The molecule has 100 valence electrons. The van der Waals surface area contributed by atoms with E-state index in [9.17, 15) is 0 Å². The van der Waals surface area contributed by atoms with Crippen LogP contribution in [-0.2, 0) is 7.05 Å². The Morgan fingerprint density at radius 3 is 2.95 bits per heavy atom. The van der Waals surface area contributed by atoms with Crippen LogP contribution in [0.25, 0.3) is 11.5 Å². The molecule has 0 aliphatic carbocycles. The third-order valence-corrected chi connectivity index (χ3v) is 3.62. The standard InChI is InChI=1S/C14H19N5/c1-10-17-12(11-4-3-5-15-9-11)8-13(18-10)14-16-6-7-19(14)2/h6-8,11,15H,3-5,9H2,1-2H3/t11-/m0/s1. The lowest BCUT2D eigenvalue weighted by Crippen LogP contribution is -2.29. The van der Waals surface area contributed by atoms with Gasteiger partial charge in [-0.3, -0.25) is 0 Å². The summed E-state index contributed by atoms with van der Waals surface area (Å²) >= 11 is 0. The quantitative estimate of drug-likeness (QED) is 0.889. The van der Waals surface area contributed by atoms with E-state index in [1.807, 2.05) is 24.7 Å². The summed E-state index contributed by atoms with van der Waals surface area (Å²) in [6.45, 7) is 4.08. The summed E-state index contributed by atoms with van der Waals surface area (Å²) in [6.07, 6.45) is 6.15. The van der Waals surface area contributed by atoms with Crippen LogP contribution in [0.2, 0.25) is 0 Å². The number of hydrogen-bond donors (Lipinski definition) is 1. The SMILES string of the molecule is Cc1nc(-c2nccn2C)cc([C@H]2CCCNC2)n1. The number of aryl methyl sites for hydroxylation is 2. The fourth-order valence-corrected chi connectivity index (χ4v) is 2.63. The van der Waals surface area contributed by atoms with E-state index >= 15 is 0 Å². The van der Waals surface area contributed by atoms with E-state index in [-0.39, 0.29) is 0 Å². The number of imidazole rings is 1. The Bertz CT molecular complexity index is 569. The molecule has 0 radical (unpaired) electrons. The van der Waals surface area contributed by atoms with Crippen molar-refractivity contribution in [2.45, 2.75) is 25.7 Å². The molecule has 3 rings (SSSR count). The first-order valence-corrected chi connectivity index (χ1v) is 6.78. The van der Waals surface area contributed by atoms with E-state index in [4.69, 9.17) is 0 Å². The van der Waals surface area contributed by atoms with Gasteiger partial charge < -0.3 is 9.88 Å². The van der Waals surface area contributed by atoms with Crippen molar-refractivity contribution in [3.63, 3.8) is 0 Å². The van der Waals surface area contributed by atoms with Crippen molar-refractivity contribution < 1.29 is 0 Å². The van der Waals surface area contributed by atoms with Crippen molar-refractivity contribution >= 4 is 0 Å². The van der Waals surface area contributed by atoms with Crippen LogP contribution in [0, 0.1) is 6.92 Å². The number of aromatic nitrogens is 4. The molecule has 1 aliphatic rings. The minimum atomic E-state index is 0.495. The van der Waals surface area contributed by atoms with Gasteiger partial charge in [0.25, 0.3) is 0 Å². The normalized spacial score (nSPS) is 19.6. The fraction of sp³-hybridized carbons (Fsp3) is 0.500. The van der Waals surface area contributed by atoms with Gasteiger partial charge >= 0.3 is 0 Å². The molecule has 0 unspecified atom stereocenters. The summed E-state index contributed by atoms with van der Waals surface area (Å²) in [7, 11) is 1.99. The summed E-state index contributed by atoms with van der Waals surface area (Å²) in [5.41, 5.74) is 2.05. The predicted octanol–water partition coefficient (Wildman–Crippen LogP) is 1.65. The van der Waals surface area contributed by atoms with Gasteiger partial charge in [0.15, 0.2) is 5.82 Å². The van der Waals surface area contributed by atoms with E-state index in [0.717, 1.165) is 36.1 Å². The Morgan fingerprint density at radius 1 is 1.37 bits per heavy atom. The van der Waals surface area contributed by atoms with Crippen molar-refractivity contribution in [2.75, 3.05) is 13.1 Å². The molecular weight excluding hydrogens is 238 g/mol. The predicted molar refractivity (Wildman–Crippen MR) is 73.8 cm³/mol. The summed E-state index contributed by atoms with van der Waals surface area (Å²) in [5.74, 6) is 2.21. The second-order valence-electron chi connectivity index (χ2n) is 5.13. The highest BCUT2D eigenvalue weighted by molar-refractivity contribution is 5.50. The molecule has 0 spiro atoms. The molecule has 19 heavy (non-hydrogen) atoms. The fourth-order valence-electron chi connectivity index (χ4n) is 2.63. The number of piperidine rings is 1. The summed E-state index contributed by atoms with van der Waals surface area (Å²) in [6, 6.07) is 2.09. The second-order valence-corrected chi connectivity index (χ2v) is 5.13. The molecule has 1 saturated heterocycles. The molecule has 1 N–H and O–H groups in total. The van der Waals surface area contributed by atoms with Gasteiger partial charge in [0.2, 0.25) is 0 Å². The second kappa shape index (κ2) is 5.09. The number of nitrogens with one attached hydrogen (secondary N) is 1. The Morgan fingerprint density at radius 2 is 2.26 bits per heavy atom. The van der Waals surface area contributed by atoms with Crippen LogP contribution in [0.4, 0.5) is 0 Å². The Balaban J connectivity index is 1.98. The monoisotopic (exact) mass is 257 g/mol. The van der Waals surface area contributed by atoms with Crippen LogP contribution in [0.5, 0.6) is 0 Å². The first-order valence-electron chi connectivity index (χ1n) is 6.78. The molecule has 0 saturated carbocycles. The molecule has 5 heteroatoms. The summed E-state index contributed by atoms with van der Waals surface area (Å²) in [5, 5.41) is 3.44. The highest BCUT2D eigenvalue weighted by atomic mass is 15.1. The molecular formula is C14H19N5. The van der Waals surface area contributed by atoms with Crippen LogP contribution in [0.3, 0.4) is 0 Å². The van der Waals surface area contributed by atoms with Gasteiger partial charge in [0.1, 0.15) is 11.5 Å².